The predicted octanol–water partition coefficient (Wildman–Crippen LogP) is 3.59. The highest BCUT2D eigenvalue weighted by atomic mass is 14.9. The molecule has 19 heavy (non-hydrogen) atoms. The second-order valence-electron chi connectivity index (χ2n) is 5.04. The van der Waals surface area contributed by atoms with Crippen LogP contribution in [0.3, 0.4) is 0 Å². The quantitative estimate of drug-likeness (QED) is 0.882. The van der Waals surface area contributed by atoms with Gasteiger partial charge in [0.1, 0.15) is 0 Å². The zero-order valence-corrected chi connectivity index (χ0v) is 12.0. The minimum atomic E-state index is 0.332. The summed E-state index contributed by atoms with van der Waals surface area (Å²) >= 11 is 0. The lowest BCUT2D eigenvalue weighted by atomic mass is 9.96. The van der Waals surface area contributed by atoms with Gasteiger partial charge in [-0.2, -0.15) is 0 Å². The number of nitrogens with one attached hydrogen (secondary N) is 1. The standard InChI is InChI=1S/C17H22N2/c1-4-19-17(16-9-13(2)11-18-12-16)10-15-8-6-5-7-14(15)3/h5-9,11-12,17,19H,4,10H2,1-3H3. The first-order valence-electron chi connectivity index (χ1n) is 6.90. The van der Waals surface area contributed by atoms with E-state index in [2.05, 4.69) is 61.4 Å². The minimum absolute atomic E-state index is 0.332. The van der Waals surface area contributed by atoms with E-state index < -0.39 is 0 Å². The molecule has 1 heterocycles. The molecule has 2 heteroatoms. The van der Waals surface area contributed by atoms with Crippen molar-refractivity contribution < 1.29 is 0 Å². The third kappa shape index (κ3) is 3.65. The van der Waals surface area contributed by atoms with Gasteiger partial charge in [0.2, 0.25) is 0 Å². The fourth-order valence-corrected chi connectivity index (χ4v) is 2.38. The minimum Gasteiger partial charge on any atom is -0.310 e. The van der Waals surface area contributed by atoms with Crippen molar-refractivity contribution in [2.45, 2.75) is 33.2 Å². The maximum Gasteiger partial charge on any atom is 0.0376 e. The number of aryl methyl sites for hydroxylation is 2. The smallest absolute Gasteiger partial charge is 0.0376 e. The molecule has 0 aliphatic carbocycles. The largest absolute Gasteiger partial charge is 0.310 e. The lowest BCUT2D eigenvalue weighted by Crippen LogP contribution is -2.23. The average molecular weight is 254 g/mol. The van der Waals surface area contributed by atoms with Crippen LogP contribution in [-0.4, -0.2) is 11.5 Å². The highest BCUT2D eigenvalue weighted by Gasteiger charge is 2.12. The lowest BCUT2D eigenvalue weighted by Gasteiger charge is -2.19. The molecule has 1 aromatic carbocycles. The second-order valence-corrected chi connectivity index (χ2v) is 5.04. The van der Waals surface area contributed by atoms with Crippen molar-refractivity contribution in [1.82, 2.24) is 10.3 Å². The summed E-state index contributed by atoms with van der Waals surface area (Å²) in [6.07, 6.45) is 4.88. The average Bonchev–Trinajstić information content (AvgIpc) is 2.40. The molecule has 0 saturated heterocycles. The third-order valence-corrected chi connectivity index (χ3v) is 3.43. The van der Waals surface area contributed by atoms with E-state index in [1.54, 1.807) is 0 Å². The van der Waals surface area contributed by atoms with Crippen LogP contribution in [0.15, 0.2) is 42.7 Å². The molecular formula is C17H22N2. The van der Waals surface area contributed by atoms with Crippen molar-refractivity contribution in [1.29, 1.82) is 0 Å². The molecule has 0 amide bonds. The first kappa shape index (κ1) is 13.8. The number of benzene rings is 1. The molecule has 2 rings (SSSR count). The summed E-state index contributed by atoms with van der Waals surface area (Å²) in [4.78, 5) is 4.31. The van der Waals surface area contributed by atoms with E-state index >= 15 is 0 Å². The van der Waals surface area contributed by atoms with Crippen molar-refractivity contribution in [3.05, 3.63) is 65.0 Å². The molecule has 1 aromatic heterocycles. The van der Waals surface area contributed by atoms with E-state index in [4.69, 9.17) is 0 Å². The molecule has 0 bridgehead atoms. The number of hydrogen-bond donors (Lipinski definition) is 1. The van der Waals surface area contributed by atoms with Gasteiger partial charge < -0.3 is 5.32 Å². The molecule has 0 spiro atoms. The van der Waals surface area contributed by atoms with Crippen molar-refractivity contribution >= 4 is 0 Å². The zero-order valence-electron chi connectivity index (χ0n) is 12.0. The number of pyridine rings is 1. The van der Waals surface area contributed by atoms with Crippen molar-refractivity contribution in [2.75, 3.05) is 6.54 Å². The van der Waals surface area contributed by atoms with Gasteiger partial charge in [0.25, 0.3) is 0 Å². The molecular weight excluding hydrogens is 232 g/mol. The van der Waals surface area contributed by atoms with Crippen LogP contribution in [0.4, 0.5) is 0 Å². The Labute approximate surface area is 115 Å². The van der Waals surface area contributed by atoms with E-state index in [-0.39, 0.29) is 0 Å². The van der Waals surface area contributed by atoms with Gasteiger partial charge in [-0.15, -0.1) is 0 Å². The number of hydrogen-bond acceptors (Lipinski definition) is 2. The SMILES string of the molecule is CCNC(Cc1ccccc1C)c1cncc(C)c1. The molecule has 2 aromatic rings. The Balaban J connectivity index is 2.24. The first-order valence-corrected chi connectivity index (χ1v) is 6.90. The summed E-state index contributed by atoms with van der Waals surface area (Å²) in [5, 5.41) is 3.56. The Morgan fingerprint density at radius 1 is 1.16 bits per heavy atom. The predicted molar refractivity (Wildman–Crippen MR) is 80.3 cm³/mol. The van der Waals surface area contributed by atoms with Gasteiger partial charge in [-0.25, -0.2) is 0 Å². The maximum atomic E-state index is 4.31. The second kappa shape index (κ2) is 6.48. The summed E-state index contributed by atoms with van der Waals surface area (Å²) in [6, 6.07) is 11.1. The van der Waals surface area contributed by atoms with Gasteiger partial charge in [0.15, 0.2) is 0 Å². The topological polar surface area (TPSA) is 24.9 Å². The van der Waals surface area contributed by atoms with E-state index in [0.717, 1.165) is 13.0 Å². The van der Waals surface area contributed by atoms with Gasteiger partial charge in [0, 0.05) is 18.4 Å². The normalized spacial score (nSPS) is 12.4. The molecule has 0 aliphatic heterocycles. The van der Waals surface area contributed by atoms with Crippen LogP contribution in [0, 0.1) is 13.8 Å². The van der Waals surface area contributed by atoms with Crippen LogP contribution in [-0.2, 0) is 6.42 Å². The van der Waals surface area contributed by atoms with Crippen molar-refractivity contribution in [3.8, 4) is 0 Å². The number of rotatable bonds is 5. The van der Waals surface area contributed by atoms with Gasteiger partial charge in [0.05, 0.1) is 0 Å². The zero-order chi connectivity index (χ0) is 13.7. The van der Waals surface area contributed by atoms with E-state index in [1.165, 1.54) is 22.3 Å². The molecule has 1 atom stereocenters. The summed E-state index contributed by atoms with van der Waals surface area (Å²) < 4.78 is 0. The van der Waals surface area contributed by atoms with Crippen LogP contribution in [0.25, 0.3) is 0 Å². The van der Waals surface area contributed by atoms with E-state index in [0.29, 0.717) is 6.04 Å². The van der Waals surface area contributed by atoms with Crippen LogP contribution in [0.2, 0.25) is 0 Å². The number of likely N-dealkylation sites (N-methyl/N-ethyl adjacent to an activating group) is 1. The van der Waals surface area contributed by atoms with Crippen LogP contribution in [0.5, 0.6) is 0 Å². The van der Waals surface area contributed by atoms with E-state index in [1.807, 2.05) is 12.4 Å². The Bertz CT molecular complexity index is 534. The van der Waals surface area contributed by atoms with Crippen LogP contribution in [0.1, 0.15) is 35.2 Å². The summed E-state index contributed by atoms with van der Waals surface area (Å²) in [5.74, 6) is 0. The summed E-state index contributed by atoms with van der Waals surface area (Å²) in [5.41, 5.74) is 5.23. The molecule has 1 unspecified atom stereocenters. The maximum absolute atomic E-state index is 4.31. The fraction of sp³-hybridized carbons (Fsp3) is 0.353. The summed E-state index contributed by atoms with van der Waals surface area (Å²) in [6.45, 7) is 7.37. The summed E-state index contributed by atoms with van der Waals surface area (Å²) in [7, 11) is 0. The van der Waals surface area contributed by atoms with Gasteiger partial charge in [-0.1, -0.05) is 37.3 Å². The molecule has 0 fully saturated rings. The van der Waals surface area contributed by atoms with Crippen LogP contribution < -0.4 is 5.32 Å². The molecule has 0 aliphatic rings. The highest BCUT2D eigenvalue weighted by molar-refractivity contribution is 5.29. The molecule has 2 nitrogen and oxygen atoms in total. The monoisotopic (exact) mass is 254 g/mol. The van der Waals surface area contributed by atoms with Crippen LogP contribution >= 0.6 is 0 Å². The first-order chi connectivity index (χ1) is 9.20. The van der Waals surface area contributed by atoms with Gasteiger partial charge in [-0.3, -0.25) is 4.98 Å². The Kier molecular flexibility index (Phi) is 4.69. The Morgan fingerprint density at radius 3 is 2.63 bits per heavy atom. The molecule has 0 saturated carbocycles. The molecule has 100 valence electrons. The Morgan fingerprint density at radius 2 is 1.95 bits per heavy atom. The Hall–Kier alpha value is -1.67. The highest BCUT2D eigenvalue weighted by Crippen LogP contribution is 2.20. The van der Waals surface area contributed by atoms with Gasteiger partial charge >= 0.3 is 0 Å². The number of nitrogens with zero attached hydrogens (tertiary/aromatic N) is 1. The van der Waals surface area contributed by atoms with E-state index in [9.17, 15) is 0 Å². The third-order valence-electron chi connectivity index (χ3n) is 3.43. The number of aromatic nitrogens is 1. The molecule has 1 N–H and O–H groups in total. The van der Waals surface area contributed by atoms with Crippen molar-refractivity contribution in [3.63, 3.8) is 0 Å². The fourth-order valence-electron chi connectivity index (χ4n) is 2.38. The van der Waals surface area contributed by atoms with Crippen molar-refractivity contribution in [2.24, 2.45) is 0 Å². The lowest BCUT2D eigenvalue weighted by molar-refractivity contribution is 0.547. The van der Waals surface area contributed by atoms with Gasteiger partial charge in [-0.05, 0) is 49.1 Å². The molecule has 0 radical (unpaired) electrons.